The van der Waals surface area contributed by atoms with E-state index in [0.29, 0.717) is 6.61 Å². The highest BCUT2D eigenvalue weighted by Crippen LogP contribution is 2.38. The summed E-state index contributed by atoms with van der Waals surface area (Å²) in [6.07, 6.45) is 6.02. The molecule has 0 saturated heterocycles. The summed E-state index contributed by atoms with van der Waals surface area (Å²) in [5.74, 6) is -0.0470. The molecule has 3 rings (SSSR count). The SMILES string of the molecule is O=C(O)[C@@H]1C[C@H]1COc1cccc(-n2ccnc2)c1. The van der Waals surface area contributed by atoms with Crippen molar-refractivity contribution in [3.63, 3.8) is 0 Å². The van der Waals surface area contributed by atoms with Gasteiger partial charge in [0.15, 0.2) is 0 Å². The number of aliphatic carboxylic acids is 1. The minimum atomic E-state index is -0.722. The number of nitrogens with zero attached hydrogens (tertiary/aromatic N) is 2. The molecular formula is C14H14N2O3. The lowest BCUT2D eigenvalue weighted by atomic mass is 10.3. The van der Waals surface area contributed by atoms with E-state index in [1.165, 1.54) is 0 Å². The van der Waals surface area contributed by atoms with Crippen LogP contribution >= 0.6 is 0 Å². The number of imidazole rings is 1. The number of carboxylic acid groups (broad SMARTS) is 1. The van der Waals surface area contributed by atoms with Crippen molar-refractivity contribution in [3.05, 3.63) is 43.0 Å². The molecule has 0 unspecified atom stereocenters. The Bertz CT molecular complexity index is 580. The maximum atomic E-state index is 10.7. The van der Waals surface area contributed by atoms with E-state index in [1.807, 2.05) is 35.0 Å². The molecule has 2 atom stereocenters. The van der Waals surface area contributed by atoms with Crippen LogP contribution in [-0.2, 0) is 4.79 Å². The molecule has 19 heavy (non-hydrogen) atoms. The summed E-state index contributed by atoms with van der Waals surface area (Å²) >= 11 is 0. The van der Waals surface area contributed by atoms with Gasteiger partial charge < -0.3 is 14.4 Å². The molecule has 0 bridgehead atoms. The van der Waals surface area contributed by atoms with Crippen molar-refractivity contribution in [1.82, 2.24) is 9.55 Å². The normalized spacial score (nSPS) is 21.1. The summed E-state index contributed by atoms with van der Waals surface area (Å²) in [5, 5.41) is 8.82. The molecular weight excluding hydrogens is 244 g/mol. The molecule has 1 N–H and O–H groups in total. The maximum absolute atomic E-state index is 10.7. The number of hydrogen-bond acceptors (Lipinski definition) is 3. The molecule has 5 nitrogen and oxygen atoms in total. The van der Waals surface area contributed by atoms with Gasteiger partial charge in [-0.05, 0) is 18.6 Å². The van der Waals surface area contributed by atoms with Crippen LogP contribution in [0.1, 0.15) is 6.42 Å². The second-order valence-electron chi connectivity index (χ2n) is 4.72. The van der Waals surface area contributed by atoms with E-state index in [2.05, 4.69) is 4.98 Å². The number of rotatable bonds is 5. The molecule has 1 aromatic heterocycles. The maximum Gasteiger partial charge on any atom is 0.306 e. The van der Waals surface area contributed by atoms with Crippen molar-refractivity contribution in [2.45, 2.75) is 6.42 Å². The zero-order valence-corrected chi connectivity index (χ0v) is 10.3. The molecule has 0 amide bonds. The second-order valence-corrected chi connectivity index (χ2v) is 4.72. The number of ether oxygens (including phenoxy) is 1. The molecule has 1 fully saturated rings. The fourth-order valence-corrected chi connectivity index (χ4v) is 2.08. The number of carbonyl (C=O) groups is 1. The molecule has 1 aliphatic carbocycles. The minimum Gasteiger partial charge on any atom is -0.493 e. The molecule has 2 aromatic rings. The predicted molar refractivity (Wildman–Crippen MR) is 68.3 cm³/mol. The fourth-order valence-electron chi connectivity index (χ4n) is 2.08. The van der Waals surface area contributed by atoms with Gasteiger partial charge in [-0.3, -0.25) is 4.79 Å². The Labute approximate surface area is 110 Å². The first-order valence-corrected chi connectivity index (χ1v) is 6.18. The van der Waals surface area contributed by atoms with Crippen molar-refractivity contribution in [1.29, 1.82) is 0 Å². The lowest BCUT2D eigenvalue weighted by Gasteiger charge is -2.08. The van der Waals surface area contributed by atoms with Crippen LogP contribution in [0.4, 0.5) is 0 Å². The van der Waals surface area contributed by atoms with Crippen molar-refractivity contribution in [3.8, 4) is 11.4 Å². The number of aromatic nitrogens is 2. The van der Waals surface area contributed by atoms with Crippen molar-refractivity contribution >= 4 is 5.97 Å². The Morgan fingerprint density at radius 2 is 2.42 bits per heavy atom. The van der Waals surface area contributed by atoms with E-state index >= 15 is 0 Å². The van der Waals surface area contributed by atoms with Gasteiger partial charge in [0.1, 0.15) is 5.75 Å². The Balaban J connectivity index is 1.63. The average molecular weight is 258 g/mol. The van der Waals surface area contributed by atoms with Gasteiger partial charge in [0, 0.05) is 24.4 Å². The quantitative estimate of drug-likeness (QED) is 0.890. The fraction of sp³-hybridized carbons (Fsp3) is 0.286. The molecule has 5 heteroatoms. The molecule has 1 aliphatic rings. The van der Waals surface area contributed by atoms with Gasteiger partial charge in [0.25, 0.3) is 0 Å². The molecule has 1 heterocycles. The zero-order valence-electron chi connectivity index (χ0n) is 10.3. The number of benzene rings is 1. The van der Waals surface area contributed by atoms with Crippen molar-refractivity contribution in [2.24, 2.45) is 11.8 Å². The summed E-state index contributed by atoms with van der Waals surface area (Å²) in [7, 11) is 0. The Hall–Kier alpha value is -2.30. The monoisotopic (exact) mass is 258 g/mol. The van der Waals surface area contributed by atoms with Crippen molar-refractivity contribution < 1.29 is 14.6 Å². The van der Waals surface area contributed by atoms with E-state index in [1.54, 1.807) is 12.5 Å². The van der Waals surface area contributed by atoms with E-state index < -0.39 is 5.97 Å². The van der Waals surface area contributed by atoms with Crippen LogP contribution in [0.25, 0.3) is 5.69 Å². The molecule has 98 valence electrons. The second kappa shape index (κ2) is 4.76. The van der Waals surface area contributed by atoms with Crippen LogP contribution in [0.2, 0.25) is 0 Å². The standard InChI is InChI=1S/C14H14N2O3/c17-14(18)13-6-10(13)8-19-12-3-1-2-11(7-12)16-5-4-15-9-16/h1-5,7,9-10,13H,6,8H2,(H,17,18)/t10-,13+/m0/s1. The minimum absolute atomic E-state index is 0.148. The van der Waals surface area contributed by atoms with Gasteiger partial charge in [-0.1, -0.05) is 6.07 Å². The van der Waals surface area contributed by atoms with Crippen LogP contribution in [-0.4, -0.2) is 27.2 Å². The van der Waals surface area contributed by atoms with Gasteiger partial charge in [-0.15, -0.1) is 0 Å². The van der Waals surface area contributed by atoms with Gasteiger partial charge >= 0.3 is 5.97 Å². The lowest BCUT2D eigenvalue weighted by Crippen LogP contribution is -2.06. The third-order valence-electron chi connectivity index (χ3n) is 3.32. The molecule has 1 saturated carbocycles. The van der Waals surface area contributed by atoms with E-state index in [9.17, 15) is 4.79 Å². The highest BCUT2D eigenvalue weighted by Gasteiger charge is 2.43. The van der Waals surface area contributed by atoms with Crippen LogP contribution in [0, 0.1) is 11.8 Å². The first kappa shape index (κ1) is 11.8. The average Bonchev–Trinajstić information content (AvgIpc) is 2.99. The van der Waals surface area contributed by atoms with E-state index in [0.717, 1.165) is 17.9 Å². The number of hydrogen-bond donors (Lipinski definition) is 1. The van der Waals surface area contributed by atoms with Gasteiger partial charge in [-0.25, -0.2) is 4.98 Å². The third-order valence-corrected chi connectivity index (χ3v) is 3.32. The van der Waals surface area contributed by atoms with Crippen LogP contribution < -0.4 is 4.74 Å². The van der Waals surface area contributed by atoms with Gasteiger partial charge in [-0.2, -0.15) is 0 Å². The summed E-state index contributed by atoms with van der Waals surface area (Å²) in [6.45, 7) is 0.463. The number of carboxylic acids is 1. The van der Waals surface area contributed by atoms with Crippen LogP contribution in [0.15, 0.2) is 43.0 Å². The Kier molecular flexibility index (Phi) is 2.95. The van der Waals surface area contributed by atoms with Crippen molar-refractivity contribution in [2.75, 3.05) is 6.61 Å². The molecule has 0 spiro atoms. The predicted octanol–water partition coefficient (Wildman–Crippen LogP) is 1.97. The highest BCUT2D eigenvalue weighted by molar-refractivity contribution is 5.73. The Morgan fingerprint density at radius 1 is 1.53 bits per heavy atom. The van der Waals surface area contributed by atoms with Gasteiger partial charge in [0.2, 0.25) is 0 Å². The lowest BCUT2D eigenvalue weighted by molar-refractivity contribution is -0.138. The topological polar surface area (TPSA) is 64.3 Å². The largest absolute Gasteiger partial charge is 0.493 e. The van der Waals surface area contributed by atoms with Gasteiger partial charge in [0.05, 0.1) is 24.5 Å². The summed E-state index contributed by atoms with van der Waals surface area (Å²) in [4.78, 5) is 14.7. The first-order chi connectivity index (χ1) is 9.24. The zero-order chi connectivity index (χ0) is 13.2. The summed E-state index contributed by atoms with van der Waals surface area (Å²) in [5.41, 5.74) is 0.973. The smallest absolute Gasteiger partial charge is 0.306 e. The van der Waals surface area contributed by atoms with Crippen LogP contribution in [0.3, 0.4) is 0 Å². The summed E-state index contributed by atoms with van der Waals surface area (Å²) in [6, 6.07) is 7.66. The molecule has 0 aliphatic heterocycles. The summed E-state index contributed by atoms with van der Waals surface area (Å²) < 4.78 is 7.54. The molecule has 1 aromatic carbocycles. The third kappa shape index (κ3) is 2.59. The highest BCUT2D eigenvalue weighted by atomic mass is 16.5. The van der Waals surface area contributed by atoms with Crippen LogP contribution in [0.5, 0.6) is 5.75 Å². The molecule has 0 radical (unpaired) electrons. The Morgan fingerprint density at radius 3 is 3.11 bits per heavy atom. The van der Waals surface area contributed by atoms with E-state index in [-0.39, 0.29) is 11.8 Å². The first-order valence-electron chi connectivity index (χ1n) is 6.18. The van der Waals surface area contributed by atoms with E-state index in [4.69, 9.17) is 9.84 Å².